The van der Waals surface area contributed by atoms with Gasteiger partial charge in [-0.1, -0.05) is 109 Å². The number of rotatable bonds is 11. The zero-order valence-corrected chi connectivity index (χ0v) is 24.8. The van der Waals surface area contributed by atoms with E-state index in [4.69, 9.17) is 0 Å². The van der Waals surface area contributed by atoms with E-state index >= 15 is 26.3 Å². The Bertz CT molecular complexity index is 1590. The van der Waals surface area contributed by atoms with Crippen molar-refractivity contribution in [2.75, 3.05) is 0 Å². The van der Waals surface area contributed by atoms with Gasteiger partial charge >= 0.3 is 24.2 Å². The Balaban J connectivity index is 1.70. The predicted octanol–water partition coefficient (Wildman–Crippen LogP) is 11.8. The van der Waals surface area contributed by atoms with Crippen molar-refractivity contribution in [1.82, 2.24) is 0 Å². The average Bonchev–Trinajstić information content (AvgIpc) is 3.04. The topological polar surface area (TPSA) is 0 Å². The molecule has 0 saturated carbocycles. The molecule has 2 atom stereocenters. The third-order valence-corrected chi connectivity index (χ3v) is 7.94. The van der Waals surface area contributed by atoms with Crippen LogP contribution in [0.15, 0.2) is 122 Å². The maximum atomic E-state index is 15.8. The van der Waals surface area contributed by atoms with Gasteiger partial charge in [0.1, 0.15) is 0 Å². The second kappa shape index (κ2) is 12.9. The number of halogens is 12. The Morgan fingerprint density at radius 1 is 0.375 bits per heavy atom. The molecule has 2 unspecified atom stereocenters. The molecular weight excluding hydrogens is 660 g/mol. The number of hydrogen-bond acceptors (Lipinski definition) is 0. The van der Waals surface area contributed by atoms with Crippen LogP contribution in [0.1, 0.15) is 33.4 Å². The van der Waals surface area contributed by atoms with Gasteiger partial charge in [0.25, 0.3) is 11.3 Å². The summed E-state index contributed by atoms with van der Waals surface area (Å²) in [5.41, 5.74) is -15.2. The molecule has 254 valence electrons. The highest BCUT2D eigenvalue weighted by atomic mass is 19.4. The van der Waals surface area contributed by atoms with E-state index in [0.29, 0.717) is 59.7 Å². The zero-order valence-electron chi connectivity index (χ0n) is 24.8. The fourth-order valence-electron chi connectivity index (χ4n) is 5.26. The zero-order chi connectivity index (χ0) is 35.8. The van der Waals surface area contributed by atoms with Crippen LogP contribution in [0.25, 0.3) is 11.1 Å². The van der Waals surface area contributed by atoms with E-state index in [-0.39, 0.29) is 24.0 Å². The minimum atomic E-state index is -6.11. The van der Waals surface area contributed by atoms with Gasteiger partial charge in [-0.2, -0.15) is 43.9 Å². The van der Waals surface area contributed by atoms with E-state index in [2.05, 4.69) is 13.2 Å². The lowest BCUT2D eigenvalue weighted by atomic mass is 9.82. The molecule has 12 heteroatoms. The lowest BCUT2D eigenvalue weighted by Gasteiger charge is -2.36. The van der Waals surface area contributed by atoms with Crippen molar-refractivity contribution in [1.29, 1.82) is 0 Å². The molecule has 0 fully saturated rings. The normalized spacial score (nSPS) is 15.3. The summed E-state index contributed by atoms with van der Waals surface area (Å²) in [6.45, 7) is 6.94. The maximum absolute atomic E-state index is 15.8. The van der Waals surface area contributed by atoms with Gasteiger partial charge in [-0.15, -0.1) is 13.2 Å². The summed E-state index contributed by atoms with van der Waals surface area (Å²) < 4.78 is 177. The lowest BCUT2D eigenvalue weighted by molar-refractivity contribution is -0.315. The largest absolute Gasteiger partial charge is 0.433 e. The molecule has 0 aliphatic carbocycles. The second-order valence-electron chi connectivity index (χ2n) is 11.0. The molecule has 4 rings (SSSR count). The predicted molar refractivity (Wildman–Crippen MR) is 158 cm³/mol. The highest BCUT2D eigenvalue weighted by molar-refractivity contribution is 5.65. The molecule has 48 heavy (non-hydrogen) atoms. The van der Waals surface area contributed by atoms with Crippen molar-refractivity contribution in [2.24, 2.45) is 0 Å². The summed E-state index contributed by atoms with van der Waals surface area (Å²) in [7, 11) is 0. The van der Waals surface area contributed by atoms with Crippen LogP contribution in [0.3, 0.4) is 0 Å². The van der Waals surface area contributed by atoms with Gasteiger partial charge in [0.2, 0.25) is 0 Å². The molecule has 0 radical (unpaired) electrons. The van der Waals surface area contributed by atoms with E-state index in [1.54, 1.807) is 0 Å². The SMILES string of the molecule is C=CCc1ccc(C(F)(F)C(F)(c2ccc(-c3ccc(C(F)(C(F)(F)F)C(F)(F)c4ccc(CC=C)cc4)cc3)cc2)C(F)(F)F)cc1. The Labute approximate surface area is 268 Å². The number of hydrogen-bond donors (Lipinski definition) is 0. The van der Waals surface area contributed by atoms with E-state index < -0.39 is 57.8 Å². The monoisotopic (exact) mass is 686 g/mol. The van der Waals surface area contributed by atoms with E-state index in [1.165, 1.54) is 12.2 Å². The molecule has 0 bridgehead atoms. The van der Waals surface area contributed by atoms with Gasteiger partial charge in [0.15, 0.2) is 0 Å². The van der Waals surface area contributed by atoms with Gasteiger partial charge in [-0.3, -0.25) is 0 Å². The van der Waals surface area contributed by atoms with Crippen molar-refractivity contribution >= 4 is 0 Å². The molecule has 0 spiro atoms. The third kappa shape index (κ3) is 6.12. The van der Waals surface area contributed by atoms with E-state index in [0.717, 1.165) is 48.5 Å². The first-order valence-electron chi connectivity index (χ1n) is 14.1. The molecule has 0 aliphatic rings. The molecule has 0 nitrogen and oxygen atoms in total. The van der Waals surface area contributed by atoms with Crippen LogP contribution < -0.4 is 0 Å². The van der Waals surface area contributed by atoms with Crippen molar-refractivity contribution < 1.29 is 52.7 Å². The smallest absolute Gasteiger partial charge is 0.221 e. The first kappa shape index (κ1) is 36.4. The fourth-order valence-corrected chi connectivity index (χ4v) is 5.26. The number of benzene rings is 4. The highest BCUT2D eigenvalue weighted by Gasteiger charge is 2.73. The highest BCUT2D eigenvalue weighted by Crippen LogP contribution is 2.58. The molecule has 0 heterocycles. The summed E-state index contributed by atoms with van der Waals surface area (Å²) in [6.07, 6.45) is -8.91. The minimum Gasteiger partial charge on any atom is -0.221 e. The van der Waals surface area contributed by atoms with Crippen molar-refractivity contribution in [3.63, 3.8) is 0 Å². The Morgan fingerprint density at radius 3 is 0.854 bits per heavy atom. The van der Waals surface area contributed by atoms with Gasteiger partial charge in [0, 0.05) is 22.3 Å². The first-order valence-corrected chi connectivity index (χ1v) is 14.1. The summed E-state index contributed by atoms with van der Waals surface area (Å²) in [5.74, 6) is -10.2. The molecule has 0 amide bonds. The van der Waals surface area contributed by atoms with Crippen LogP contribution in [0.2, 0.25) is 0 Å². The maximum Gasteiger partial charge on any atom is 0.433 e. The molecule has 0 aromatic heterocycles. The van der Waals surface area contributed by atoms with Gasteiger partial charge in [-0.05, 0) is 35.1 Å². The minimum absolute atomic E-state index is 0.118. The lowest BCUT2D eigenvalue weighted by Crippen LogP contribution is -2.51. The molecule has 0 N–H and O–H groups in total. The summed E-state index contributed by atoms with van der Waals surface area (Å²) >= 11 is 0. The third-order valence-electron chi connectivity index (χ3n) is 7.94. The fraction of sp³-hybridized carbons (Fsp3) is 0.222. The van der Waals surface area contributed by atoms with Gasteiger partial charge in [0.05, 0.1) is 0 Å². The van der Waals surface area contributed by atoms with Crippen molar-refractivity contribution in [3.05, 3.63) is 156 Å². The quantitative estimate of drug-likeness (QED) is 0.109. The van der Waals surface area contributed by atoms with E-state index in [9.17, 15) is 26.3 Å². The van der Waals surface area contributed by atoms with Crippen molar-refractivity contribution in [2.45, 2.75) is 48.4 Å². The summed E-state index contributed by atoms with van der Waals surface area (Å²) in [4.78, 5) is 0. The first-order chi connectivity index (χ1) is 22.3. The van der Waals surface area contributed by atoms with Crippen molar-refractivity contribution in [3.8, 4) is 11.1 Å². The standard InChI is InChI=1S/C36H26F12/c1-3-5-23-7-15-29(16-8-23)33(39,40)31(37,35(43,44)45)27-19-11-25(12-20-27)26-13-21-28(22-14-26)32(38,36(46,47)48)34(41,42)30-17-9-24(6-4-2)10-18-30/h3-4,7-22H,1-2,5-6H2. The van der Waals surface area contributed by atoms with Gasteiger partial charge < -0.3 is 0 Å². The van der Waals surface area contributed by atoms with Gasteiger partial charge in [-0.25, -0.2) is 8.78 Å². The number of allylic oxidation sites excluding steroid dienone is 2. The van der Waals surface area contributed by atoms with Crippen LogP contribution in [0.5, 0.6) is 0 Å². The molecule has 0 saturated heterocycles. The Morgan fingerprint density at radius 2 is 0.625 bits per heavy atom. The molecule has 4 aromatic rings. The van der Waals surface area contributed by atoms with E-state index in [1.807, 2.05) is 0 Å². The molecular formula is C36H26F12. The summed E-state index contributed by atoms with van der Waals surface area (Å²) in [6, 6.07) is 12.0. The van der Waals surface area contributed by atoms with Crippen LogP contribution in [0.4, 0.5) is 52.7 Å². The average molecular weight is 687 g/mol. The molecule has 4 aromatic carbocycles. The van der Waals surface area contributed by atoms with Crippen LogP contribution in [-0.4, -0.2) is 12.4 Å². The molecule has 0 aliphatic heterocycles. The Kier molecular flexibility index (Phi) is 9.74. The second-order valence-corrected chi connectivity index (χ2v) is 11.0. The summed E-state index contributed by atoms with van der Waals surface area (Å²) in [5, 5.41) is 0. The van der Waals surface area contributed by atoms with Crippen LogP contribution in [0, 0.1) is 0 Å². The number of alkyl halides is 12. The van der Waals surface area contributed by atoms with Crippen LogP contribution in [-0.2, 0) is 36.0 Å². The Hall–Kier alpha value is -4.48. The van der Waals surface area contributed by atoms with Crippen LogP contribution >= 0.6 is 0 Å².